The Balaban J connectivity index is -0.000000504. The molecule has 5 heterocycles. The number of rotatable bonds is 59. The second-order valence-corrected chi connectivity index (χ2v) is 36.7. The van der Waals surface area contributed by atoms with E-state index in [4.69, 9.17) is 100 Å². The van der Waals surface area contributed by atoms with Crippen molar-refractivity contribution in [1.82, 2.24) is 0 Å². The molecule has 9 atom stereocenters. The van der Waals surface area contributed by atoms with E-state index >= 15 is 0 Å². The van der Waals surface area contributed by atoms with Gasteiger partial charge in [-0.1, -0.05) is 63.3 Å². The number of esters is 5. The van der Waals surface area contributed by atoms with E-state index in [1.54, 1.807) is 41.5 Å². The lowest BCUT2D eigenvalue weighted by atomic mass is 9.83. The molecule has 0 aromatic heterocycles. The number of ketones is 6. The summed E-state index contributed by atoms with van der Waals surface area (Å²) in [5.74, 6) is -15.0. The van der Waals surface area contributed by atoms with Gasteiger partial charge >= 0.3 is 119 Å². The minimum absolute atomic E-state index is 0.00222. The van der Waals surface area contributed by atoms with E-state index in [2.05, 4.69) is 0 Å². The zero-order chi connectivity index (χ0) is 113. The van der Waals surface area contributed by atoms with Gasteiger partial charge in [0, 0.05) is 140 Å². The van der Waals surface area contributed by atoms with Crippen molar-refractivity contribution in [2.24, 2.45) is 29.6 Å². The molecule has 826 valence electrons. The summed E-state index contributed by atoms with van der Waals surface area (Å²) in [7, 11) is 0. The summed E-state index contributed by atoms with van der Waals surface area (Å²) in [6.45, 7) is 20.5. The molecule has 0 radical (unpaired) electrons. The first-order valence-corrected chi connectivity index (χ1v) is 47.7. The molecule has 9 unspecified atom stereocenters. The first-order valence-electron chi connectivity index (χ1n) is 47.7. The Labute approximate surface area is 846 Å². The van der Waals surface area contributed by atoms with Crippen LogP contribution in [0.4, 0.5) is 0 Å². The number of ether oxygens (including phenoxy) is 5. The molecule has 5 fully saturated rings. The lowest BCUT2D eigenvalue weighted by Gasteiger charge is -2.27. The molecule has 0 aliphatic carbocycles. The van der Waals surface area contributed by atoms with E-state index in [9.17, 15) is 125 Å². The van der Waals surface area contributed by atoms with Crippen LogP contribution < -0.4 is 0 Å². The van der Waals surface area contributed by atoms with E-state index in [0.717, 1.165) is 31.3 Å². The molecule has 0 aromatic carbocycles. The highest BCUT2D eigenvalue weighted by Crippen LogP contribution is 2.38. The minimum atomic E-state index is -1.09. The van der Waals surface area contributed by atoms with E-state index in [-0.39, 0.29) is 243 Å². The van der Waals surface area contributed by atoms with E-state index in [1.165, 1.54) is 19.9 Å². The van der Waals surface area contributed by atoms with Gasteiger partial charge in [0.25, 0.3) is 0 Å². The molecule has 5 rings (SSSR count). The van der Waals surface area contributed by atoms with Crippen molar-refractivity contribution in [3.8, 4) is 0 Å². The molecule has 5 saturated heterocycles. The van der Waals surface area contributed by atoms with E-state index < -0.39 is 118 Å². The average molecular weight is 2090 g/mol. The first kappa shape index (κ1) is 141. The van der Waals surface area contributed by atoms with Crippen LogP contribution in [0.3, 0.4) is 0 Å². The maximum atomic E-state index is 11.4. The third kappa shape index (κ3) is 87.0. The van der Waals surface area contributed by atoms with Crippen LogP contribution >= 0.6 is 0 Å². The van der Waals surface area contributed by atoms with Crippen molar-refractivity contribution in [2.45, 2.75) is 395 Å². The molecule has 0 saturated carbocycles. The first-order chi connectivity index (χ1) is 67.5. The number of carboxylic acid groups (broad SMARTS) is 15. The maximum absolute atomic E-state index is 11.4. The third-order valence-corrected chi connectivity index (χ3v) is 21.9. The van der Waals surface area contributed by atoms with Crippen molar-refractivity contribution < 1.29 is 225 Å². The normalized spacial score (nSPS) is 18.3. The zero-order valence-electron chi connectivity index (χ0n) is 85.4. The van der Waals surface area contributed by atoms with Crippen molar-refractivity contribution in [1.29, 1.82) is 0 Å². The summed E-state index contributed by atoms with van der Waals surface area (Å²) in [5, 5.41) is 126. The van der Waals surface area contributed by atoms with Crippen molar-refractivity contribution >= 4 is 154 Å². The predicted molar refractivity (Wildman–Crippen MR) is 512 cm³/mol. The van der Waals surface area contributed by atoms with Crippen molar-refractivity contribution in [3.05, 3.63) is 46.3 Å². The molecule has 46 nitrogen and oxygen atoms in total. The summed E-state index contributed by atoms with van der Waals surface area (Å²) < 4.78 is 25.1. The van der Waals surface area contributed by atoms with Gasteiger partial charge in [0.2, 0.25) is 0 Å². The number of carboxylic acids is 15. The Bertz CT molecular complexity index is 4430. The number of allylic oxidation sites excluding steroid dienone is 7. The molecule has 5 aliphatic heterocycles. The second kappa shape index (κ2) is 78.8. The molecule has 5 aliphatic rings. The third-order valence-electron chi connectivity index (χ3n) is 21.9. The van der Waals surface area contributed by atoms with Crippen LogP contribution in [-0.4, -0.2) is 254 Å². The van der Waals surface area contributed by atoms with Crippen molar-refractivity contribution in [3.63, 3.8) is 0 Å². The van der Waals surface area contributed by atoms with Gasteiger partial charge in [0.05, 0.1) is 50.9 Å². The Morgan fingerprint density at radius 3 is 1.15 bits per heavy atom. The van der Waals surface area contributed by atoms with Crippen LogP contribution in [-0.2, 0) is 148 Å². The van der Waals surface area contributed by atoms with Gasteiger partial charge < -0.3 is 100 Å². The van der Waals surface area contributed by atoms with Crippen LogP contribution in [0.15, 0.2) is 46.3 Å². The molecular weight excluding hydrogens is 1940 g/mol. The molecule has 0 aromatic rings. The second-order valence-electron chi connectivity index (χ2n) is 36.7. The van der Waals surface area contributed by atoms with E-state index in [0.29, 0.717) is 131 Å². The summed E-state index contributed by atoms with van der Waals surface area (Å²) in [6, 6.07) is 0. The average Bonchev–Trinajstić information content (AvgIpc) is 1.65. The summed E-state index contributed by atoms with van der Waals surface area (Å²) in [5.41, 5.74) is 0.0299. The number of hydrogen-bond acceptors (Lipinski definition) is 31. The highest BCUT2D eigenvalue weighted by Gasteiger charge is 2.48. The summed E-state index contributed by atoms with van der Waals surface area (Å²) >= 11 is 0. The standard InChI is InChI=1S/4C10H14O5.C10H16O5.C10H14O5.C10H16O4.C10H14O4.C10H18O4.C10H16O4/c1-6(11)7-5-9(14)15-10(7,2)4-3-8(12)13;2*1-10(5-4-9(14)15-10)6-7(11)2-3-8(12)13;1-6(3-4-9(12)13)8(7(2)11)5-10(14)15;2*1-7(2-4-9(12)13)6-8(11)3-5-10(14)15;2*1-7(2-4-9(11)12)6-8-3-5-10(13)14-8;2*1-8(6-7-10(13)14)4-2-3-5-9(11)12/h7H,3-5H2,1-2H3,(H,12,13);2*2-6H2,1H3,(H,12,13);3-5H2,1-2H3,(H,12,13)(H,14,15);7H,2-6H2,1H3,(H,12,13)(H,14,15);6H,2-5H2,1H3,(H,12,13)(H,14,15);7-8H,2-6H2,1H3,(H,11,12);6-7H,2-5H2,1H3,(H,11,12);8H,2-7H2,1H3,(H,11,12)(H,13,14);4H,2-3,5-7H2,1H3,(H,11,12)(H,13,14)/b;;;8-6-;;7-6+;;8-6+;;8-4+. The lowest BCUT2D eigenvalue weighted by molar-refractivity contribution is -0.152. The largest absolute Gasteiger partial charge is 0.481 e. The zero-order valence-corrected chi connectivity index (χ0v) is 85.4. The van der Waals surface area contributed by atoms with Crippen molar-refractivity contribution in [2.75, 3.05) is 0 Å². The summed E-state index contributed by atoms with van der Waals surface area (Å²) in [4.78, 5) is 276. The number of Topliss-reactive ketones (excluding diaryl/α,β-unsaturated/α-hetero) is 5. The van der Waals surface area contributed by atoms with Crippen LogP contribution in [0.5, 0.6) is 0 Å². The lowest BCUT2D eigenvalue weighted by Crippen LogP contribution is -2.36. The topological polar surface area (TPSA) is 793 Å². The smallest absolute Gasteiger partial charge is 0.311 e. The van der Waals surface area contributed by atoms with Gasteiger partial charge in [-0.05, 0) is 188 Å². The SMILES string of the molecule is C/C(=C\C(=O)CCC(=O)O)CCC(=O)O.C/C(=C\CCCC(=O)O)CCC(=O)O.CC(/C=C1\CCC(=O)O1)CCC(=O)O.CC(=O)/C(CC(=O)O)=C(/C)CCC(=O)O.CC(=O)C1CC(=O)OC1(C)CCC(=O)O.CC(CCC(=O)O)CC(=O)CCC(=O)O.CC(CCC(=O)O)CC1CCC(=O)O1.CC(CCCCC(=O)O)CCC(=O)O.CC1(CC(=O)CCC(=O)O)CCC(=O)O1.CC1(CC(=O)CCC(=O)O)CCC(=O)O1. The fourth-order valence-corrected chi connectivity index (χ4v) is 13.8. The van der Waals surface area contributed by atoms with Crippen LogP contribution in [0.25, 0.3) is 0 Å². The highest BCUT2D eigenvalue weighted by atomic mass is 16.6. The van der Waals surface area contributed by atoms with Crippen LogP contribution in [0.1, 0.15) is 372 Å². The fraction of sp³-hybridized carbons (Fsp3) is 0.660. The number of hydrogen-bond donors (Lipinski definition) is 15. The van der Waals surface area contributed by atoms with Gasteiger partial charge in [0.15, 0.2) is 11.6 Å². The molecular formula is C100H150O46. The number of aliphatic carboxylic acids is 15. The Kier molecular flexibility index (Phi) is 76.0. The van der Waals surface area contributed by atoms with Gasteiger partial charge in [0.1, 0.15) is 51.8 Å². The Morgan fingerprint density at radius 1 is 0.363 bits per heavy atom. The fourth-order valence-electron chi connectivity index (χ4n) is 13.8. The molecule has 46 heteroatoms. The molecule has 146 heavy (non-hydrogen) atoms. The molecule has 15 N–H and O–H groups in total. The molecule has 0 amide bonds. The van der Waals surface area contributed by atoms with Gasteiger partial charge in [-0.25, -0.2) is 0 Å². The van der Waals surface area contributed by atoms with E-state index in [1.807, 2.05) is 39.8 Å². The van der Waals surface area contributed by atoms with Crippen LogP contribution in [0, 0.1) is 29.6 Å². The minimum Gasteiger partial charge on any atom is -0.481 e. The maximum Gasteiger partial charge on any atom is 0.311 e. The Morgan fingerprint density at radius 2 is 0.760 bits per heavy atom. The van der Waals surface area contributed by atoms with Gasteiger partial charge in [-0.2, -0.15) is 0 Å². The predicted octanol–water partition coefficient (Wildman–Crippen LogP) is 13.8. The monoisotopic (exact) mass is 2090 g/mol. The highest BCUT2D eigenvalue weighted by molar-refractivity contribution is 5.98. The van der Waals surface area contributed by atoms with Gasteiger partial charge in [-0.15, -0.1) is 0 Å². The Hall–Kier alpha value is -13.6. The van der Waals surface area contributed by atoms with Crippen LogP contribution in [0.2, 0.25) is 0 Å². The summed E-state index contributed by atoms with van der Waals surface area (Å²) in [6.07, 6.45) is 17.9. The number of cyclic esters (lactones) is 5. The number of carbonyl (C=O) groups excluding carboxylic acids is 11. The molecule has 0 bridgehead atoms. The number of unbranched alkanes of at least 4 members (excludes halogenated alkanes) is 2. The van der Waals surface area contributed by atoms with Gasteiger partial charge in [-0.3, -0.25) is 125 Å². The number of carbonyl (C=O) groups is 26. The molecule has 0 spiro atoms. The quantitative estimate of drug-likeness (QED) is 0.00884.